The number of ether oxygens (including phenoxy) is 1. The summed E-state index contributed by atoms with van der Waals surface area (Å²) >= 11 is 1.73. The fourth-order valence-corrected chi connectivity index (χ4v) is 2.39. The zero-order valence-electron chi connectivity index (χ0n) is 11.5. The maximum atomic E-state index is 5.84. The molecule has 0 radical (unpaired) electrons. The molecule has 0 spiro atoms. The van der Waals surface area contributed by atoms with E-state index in [-0.39, 0.29) is 5.60 Å². The first-order chi connectivity index (χ1) is 7.90. The van der Waals surface area contributed by atoms with Crippen molar-refractivity contribution in [1.82, 2.24) is 10.3 Å². The zero-order chi connectivity index (χ0) is 12.9. The van der Waals surface area contributed by atoms with E-state index in [4.69, 9.17) is 4.74 Å². The Morgan fingerprint density at radius 1 is 1.47 bits per heavy atom. The molecule has 0 aromatic carbocycles. The van der Waals surface area contributed by atoms with Crippen molar-refractivity contribution < 1.29 is 4.74 Å². The molecule has 1 rings (SSSR count). The summed E-state index contributed by atoms with van der Waals surface area (Å²) in [5.41, 5.74) is 1.03. The summed E-state index contributed by atoms with van der Waals surface area (Å²) < 4.78 is 5.84. The van der Waals surface area contributed by atoms with E-state index in [1.165, 1.54) is 5.01 Å². The fraction of sp³-hybridized carbons (Fsp3) is 0.769. The highest BCUT2D eigenvalue weighted by Gasteiger charge is 2.16. The first-order valence-electron chi connectivity index (χ1n) is 6.19. The van der Waals surface area contributed by atoms with Crippen molar-refractivity contribution in [1.29, 1.82) is 0 Å². The van der Waals surface area contributed by atoms with Crippen molar-refractivity contribution in [3.8, 4) is 0 Å². The maximum absolute atomic E-state index is 5.84. The van der Waals surface area contributed by atoms with Crippen LogP contribution in [-0.2, 0) is 11.2 Å². The molecule has 0 aliphatic carbocycles. The van der Waals surface area contributed by atoms with Crippen molar-refractivity contribution in [3.63, 3.8) is 0 Å². The molecule has 17 heavy (non-hydrogen) atoms. The van der Waals surface area contributed by atoms with E-state index in [0.717, 1.165) is 25.3 Å². The van der Waals surface area contributed by atoms with Gasteiger partial charge in [-0.2, -0.15) is 0 Å². The molecule has 1 aromatic heterocycles. The van der Waals surface area contributed by atoms with Crippen molar-refractivity contribution in [2.75, 3.05) is 13.2 Å². The van der Waals surface area contributed by atoms with Gasteiger partial charge in [0.2, 0.25) is 0 Å². The molecule has 0 aliphatic rings. The Balaban J connectivity index is 2.48. The molecule has 98 valence electrons. The molecule has 1 aromatic rings. The Bertz CT molecular complexity index is 330. The average Bonchev–Trinajstić information content (AvgIpc) is 2.60. The third-order valence-corrected chi connectivity index (χ3v) is 3.29. The highest BCUT2D eigenvalue weighted by Crippen LogP contribution is 2.13. The van der Waals surface area contributed by atoms with Crippen LogP contribution in [0.2, 0.25) is 0 Å². The van der Waals surface area contributed by atoms with Gasteiger partial charge in [0.1, 0.15) is 0 Å². The summed E-state index contributed by atoms with van der Waals surface area (Å²) in [5.74, 6) is 0. The van der Waals surface area contributed by atoms with Gasteiger partial charge in [-0.1, -0.05) is 6.92 Å². The van der Waals surface area contributed by atoms with E-state index in [1.807, 2.05) is 6.92 Å². The number of aromatic nitrogens is 1. The van der Waals surface area contributed by atoms with E-state index in [2.05, 4.69) is 43.4 Å². The Labute approximate surface area is 109 Å². The number of rotatable bonds is 6. The first kappa shape index (κ1) is 14.6. The Hall–Kier alpha value is -0.450. The lowest BCUT2D eigenvalue weighted by atomic mass is 10.1. The van der Waals surface area contributed by atoms with E-state index in [1.54, 1.807) is 11.3 Å². The van der Waals surface area contributed by atoms with Crippen LogP contribution in [-0.4, -0.2) is 29.8 Å². The molecule has 1 atom stereocenters. The van der Waals surface area contributed by atoms with Gasteiger partial charge in [-0.15, -0.1) is 11.3 Å². The zero-order valence-corrected chi connectivity index (χ0v) is 12.4. The van der Waals surface area contributed by atoms with Crippen molar-refractivity contribution in [2.24, 2.45) is 0 Å². The molecule has 1 heterocycles. The Kier molecular flexibility index (Phi) is 5.56. The summed E-state index contributed by atoms with van der Waals surface area (Å²) in [6.45, 7) is 12.1. The minimum atomic E-state index is -0.0769. The number of aryl methyl sites for hydroxylation is 1. The average molecular weight is 256 g/mol. The maximum Gasteiger partial charge on any atom is 0.0944 e. The van der Waals surface area contributed by atoms with E-state index in [9.17, 15) is 0 Å². The molecule has 0 bridgehead atoms. The third-order valence-electron chi connectivity index (χ3n) is 2.30. The largest absolute Gasteiger partial charge is 0.374 e. The highest BCUT2D eigenvalue weighted by molar-refractivity contribution is 7.09. The molecule has 0 amide bonds. The predicted molar refractivity (Wildman–Crippen MR) is 73.7 cm³/mol. The van der Waals surface area contributed by atoms with Crippen LogP contribution >= 0.6 is 11.3 Å². The number of hydrogen-bond donors (Lipinski definition) is 1. The van der Waals surface area contributed by atoms with E-state index < -0.39 is 0 Å². The van der Waals surface area contributed by atoms with Gasteiger partial charge < -0.3 is 10.1 Å². The first-order valence-corrected chi connectivity index (χ1v) is 7.07. The Morgan fingerprint density at radius 3 is 2.65 bits per heavy atom. The topological polar surface area (TPSA) is 34.1 Å². The van der Waals surface area contributed by atoms with Gasteiger partial charge in [-0.05, 0) is 34.2 Å². The van der Waals surface area contributed by atoms with Crippen LogP contribution in [0.25, 0.3) is 0 Å². The minimum Gasteiger partial charge on any atom is -0.374 e. The van der Waals surface area contributed by atoms with Crippen LogP contribution in [0.1, 0.15) is 38.4 Å². The summed E-state index contributed by atoms with van der Waals surface area (Å²) in [7, 11) is 0. The van der Waals surface area contributed by atoms with Gasteiger partial charge in [-0.25, -0.2) is 4.98 Å². The second kappa shape index (κ2) is 6.47. The van der Waals surface area contributed by atoms with Crippen LogP contribution in [0.5, 0.6) is 0 Å². The van der Waals surface area contributed by atoms with Gasteiger partial charge in [0.05, 0.1) is 17.2 Å². The summed E-state index contributed by atoms with van der Waals surface area (Å²) in [6, 6.07) is 0.352. The lowest BCUT2D eigenvalue weighted by molar-refractivity contribution is -0.0141. The minimum absolute atomic E-state index is 0.0769. The van der Waals surface area contributed by atoms with Gasteiger partial charge in [0.25, 0.3) is 0 Å². The molecular formula is C13H24N2OS. The lowest BCUT2D eigenvalue weighted by Gasteiger charge is -2.24. The second-order valence-corrected chi connectivity index (χ2v) is 6.21. The summed E-state index contributed by atoms with van der Waals surface area (Å²) in [6.07, 6.45) is 0.947. The normalized spacial score (nSPS) is 13.9. The lowest BCUT2D eigenvalue weighted by Crippen LogP contribution is -2.38. The van der Waals surface area contributed by atoms with Crippen LogP contribution in [0.15, 0.2) is 5.38 Å². The Morgan fingerprint density at radius 2 is 2.18 bits per heavy atom. The number of hydrogen-bond acceptors (Lipinski definition) is 4. The van der Waals surface area contributed by atoms with Crippen molar-refractivity contribution >= 4 is 11.3 Å². The predicted octanol–water partition coefficient (Wildman–Crippen LogP) is 2.79. The molecule has 4 heteroatoms. The van der Waals surface area contributed by atoms with Crippen LogP contribution in [0.4, 0.5) is 0 Å². The SMILES string of the molecule is CCNC(COC(C)(C)C)Cc1nc(C)cs1. The van der Waals surface area contributed by atoms with Crippen molar-refractivity contribution in [3.05, 3.63) is 16.1 Å². The number of nitrogens with one attached hydrogen (secondary N) is 1. The summed E-state index contributed by atoms with van der Waals surface area (Å²) in [4.78, 5) is 4.50. The molecule has 1 unspecified atom stereocenters. The fourth-order valence-electron chi connectivity index (χ4n) is 1.54. The highest BCUT2D eigenvalue weighted by atomic mass is 32.1. The third kappa shape index (κ3) is 6.15. The van der Waals surface area contributed by atoms with Crippen LogP contribution < -0.4 is 5.32 Å². The van der Waals surface area contributed by atoms with Crippen LogP contribution in [0.3, 0.4) is 0 Å². The van der Waals surface area contributed by atoms with Crippen LogP contribution in [0, 0.1) is 6.92 Å². The molecule has 0 fully saturated rings. The molecule has 0 saturated carbocycles. The standard InChI is InChI=1S/C13H24N2OS/c1-6-14-11(8-16-13(3,4)5)7-12-15-10(2)9-17-12/h9,11,14H,6-8H2,1-5H3. The quantitative estimate of drug-likeness (QED) is 0.850. The number of thiazole rings is 1. The number of nitrogens with zero attached hydrogens (tertiary/aromatic N) is 1. The molecule has 3 nitrogen and oxygen atoms in total. The molecule has 0 aliphatic heterocycles. The van der Waals surface area contributed by atoms with Gasteiger partial charge in [0, 0.05) is 23.5 Å². The van der Waals surface area contributed by atoms with E-state index in [0.29, 0.717) is 6.04 Å². The molecule has 1 N–H and O–H groups in total. The molecular weight excluding hydrogens is 232 g/mol. The van der Waals surface area contributed by atoms with Gasteiger partial charge >= 0.3 is 0 Å². The van der Waals surface area contributed by atoms with Gasteiger partial charge in [0.15, 0.2) is 0 Å². The summed E-state index contributed by atoms with van der Waals surface area (Å²) in [5, 5.41) is 6.74. The van der Waals surface area contributed by atoms with Crippen molar-refractivity contribution in [2.45, 2.75) is 52.7 Å². The molecule has 0 saturated heterocycles. The van der Waals surface area contributed by atoms with E-state index >= 15 is 0 Å². The second-order valence-electron chi connectivity index (χ2n) is 5.26. The van der Waals surface area contributed by atoms with Gasteiger partial charge in [-0.3, -0.25) is 0 Å². The number of likely N-dealkylation sites (N-methyl/N-ethyl adjacent to an activating group) is 1. The monoisotopic (exact) mass is 256 g/mol. The smallest absolute Gasteiger partial charge is 0.0944 e.